The molecule has 2 amide bonds. The van der Waals surface area contributed by atoms with Crippen molar-refractivity contribution in [3.8, 4) is 0 Å². The van der Waals surface area contributed by atoms with Gasteiger partial charge in [-0.1, -0.05) is 84.4 Å². The molecule has 1 atom stereocenters. The molecule has 0 aliphatic rings. The van der Waals surface area contributed by atoms with Crippen LogP contribution in [-0.4, -0.2) is 50.5 Å². The van der Waals surface area contributed by atoms with Crippen LogP contribution in [0.25, 0.3) is 0 Å². The molecule has 9 heteroatoms. The number of hydrogen-bond donors (Lipinski definition) is 1. The number of aryl methyl sites for hydroxylation is 1. The summed E-state index contributed by atoms with van der Waals surface area (Å²) in [4.78, 5) is 29.2. The Hall–Kier alpha value is -3.17. The van der Waals surface area contributed by atoms with Gasteiger partial charge in [0.2, 0.25) is 21.8 Å². The minimum Gasteiger partial charge on any atom is -0.354 e. The molecule has 0 aliphatic carbocycles. The number of sulfonamides is 1. The van der Waals surface area contributed by atoms with Crippen molar-refractivity contribution in [2.45, 2.75) is 39.8 Å². The lowest BCUT2D eigenvalue weighted by Gasteiger charge is -2.34. The molecule has 0 aromatic heterocycles. The molecule has 3 aromatic carbocycles. The van der Waals surface area contributed by atoms with E-state index in [0.29, 0.717) is 18.7 Å². The van der Waals surface area contributed by atoms with Crippen LogP contribution in [0.3, 0.4) is 0 Å². The summed E-state index contributed by atoms with van der Waals surface area (Å²) < 4.78 is 27.5. The van der Waals surface area contributed by atoms with Crippen molar-refractivity contribution in [1.29, 1.82) is 0 Å². The molecule has 3 aromatic rings. The summed E-state index contributed by atoms with van der Waals surface area (Å²) in [5.41, 5.74) is 3.13. The number of hydrogen-bond acceptors (Lipinski definition) is 4. The van der Waals surface area contributed by atoms with Crippen LogP contribution in [0.1, 0.15) is 30.5 Å². The van der Waals surface area contributed by atoms with E-state index in [1.165, 1.54) is 4.90 Å². The number of amides is 2. The molecule has 0 bridgehead atoms. The highest BCUT2D eigenvalue weighted by Crippen LogP contribution is 2.23. The molecule has 0 saturated heterocycles. The van der Waals surface area contributed by atoms with E-state index in [1.807, 2.05) is 75.4 Å². The monoisotopic (exact) mass is 613 g/mol. The lowest BCUT2D eigenvalue weighted by molar-refractivity contribution is -0.140. The Balaban J connectivity index is 2.05. The molecular formula is C30H36BrN3O4S. The fourth-order valence-electron chi connectivity index (χ4n) is 4.17. The van der Waals surface area contributed by atoms with Crippen molar-refractivity contribution in [1.82, 2.24) is 10.2 Å². The van der Waals surface area contributed by atoms with Gasteiger partial charge < -0.3 is 10.2 Å². The molecule has 0 spiro atoms. The quantitative estimate of drug-likeness (QED) is 0.314. The predicted molar refractivity (Wildman–Crippen MR) is 160 cm³/mol. The summed E-state index contributed by atoms with van der Waals surface area (Å²) in [6.07, 6.45) is 1.37. The number of halogens is 1. The first-order chi connectivity index (χ1) is 18.5. The molecule has 0 saturated carbocycles. The maximum Gasteiger partial charge on any atom is 0.244 e. The second-order valence-corrected chi connectivity index (χ2v) is 12.9. The third-order valence-corrected chi connectivity index (χ3v) is 8.02. The van der Waals surface area contributed by atoms with Gasteiger partial charge in [-0.2, -0.15) is 0 Å². The number of anilines is 1. The molecule has 1 N–H and O–H groups in total. The zero-order valence-corrected chi connectivity index (χ0v) is 25.2. The minimum absolute atomic E-state index is 0.163. The average Bonchev–Trinajstić information content (AvgIpc) is 2.89. The highest BCUT2D eigenvalue weighted by molar-refractivity contribution is 9.10. The minimum atomic E-state index is -3.80. The summed E-state index contributed by atoms with van der Waals surface area (Å²) in [6.45, 7) is 6.15. The van der Waals surface area contributed by atoms with E-state index in [-0.39, 0.29) is 18.4 Å². The van der Waals surface area contributed by atoms with Gasteiger partial charge in [-0.3, -0.25) is 13.9 Å². The van der Waals surface area contributed by atoms with Crippen LogP contribution in [0.2, 0.25) is 0 Å². The number of benzene rings is 3. The molecule has 0 heterocycles. The fraction of sp³-hybridized carbons (Fsp3) is 0.333. The van der Waals surface area contributed by atoms with Crippen LogP contribution in [0, 0.1) is 12.8 Å². The van der Waals surface area contributed by atoms with Crippen LogP contribution in [0.4, 0.5) is 5.69 Å². The van der Waals surface area contributed by atoms with Crippen molar-refractivity contribution in [2.75, 3.05) is 23.7 Å². The van der Waals surface area contributed by atoms with Gasteiger partial charge in [0.15, 0.2) is 0 Å². The smallest absolute Gasteiger partial charge is 0.244 e. The summed E-state index contributed by atoms with van der Waals surface area (Å²) in [6, 6.07) is 23.1. The average molecular weight is 615 g/mol. The van der Waals surface area contributed by atoms with E-state index in [0.717, 1.165) is 31.7 Å². The van der Waals surface area contributed by atoms with Crippen LogP contribution < -0.4 is 9.62 Å². The molecule has 0 aliphatic heterocycles. The normalized spacial score (nSPS) is 12.2. The Morgan fingerprint density at radius 2 is 1.54 bits per heavy atom. The lowest BCUT2D eigenvalue weighted by Crippen LogP contribution is -2.53. The largest absolute Gasteiger partial charge is 0.354 e. The predicted octanol–water partition coefficient (Wildman–Crippen LogP) is 4.94. The van der Waals surface area contributed by atoms with E-state index < -0.39 is 28.5 Å². The number of nitrogens with one attached hydrogen (secondary N) is 1. The highest BCUT2D eigenvalue weighted by Gasteiger charge is 2.33. The van der Waals surface area contributed by atoms with Crippen molar-refractivity contribution < 1.29 is 18.0 Å². The topological polar surface area (TPSA) is 86.8 Å². The Labute approximate surface area is 240 Å². The van der Waals surface area contributed by atoms with Crippen LogP contribution in [0.5, 0.6) is 0 Å². The van der Waals surface area contributed by atoms with E-state index in [9.17, 15) is 18.0 Å². The molecule has 208 valence electrons. The third-order valence-electron chi connectivity index (χ3n) is 6.35. The molecule has 39 heavy (non-hydrogen) atoms. The Morgan fingerprint density at radius 1 is 0.923 bits per heavy atom. The van der Waals surface area contributed by atoms with Crippen molar-refractivity contribution >= 4 is 43.5 Å². The molecule has 7 nitrogen and oxygen atoms in total. The molecule has 0 unspecified atom stereocenters. The lowest BCUT2D eigenvalue weighted by atomic mass is 10.0. The Bertz CT molecular complexity index is 1360. The number of nitrogens with zero attached hydrogens (tertiary/aromatic N) is 2. The Kier molecular flexibility index (Phi) is 10.7. The summed E-state index contributed by atoms with van der Waals surface area (Å²) in [5, 5.41) is 2.99. The van der Waals surface area contributed by atoms with E-state index in [4.69, 9.17) is 0 Å². The van der Waals surface area contributed by atoms with Gasteiger partial charge in [-0.15, -0.1) is 0 Å². The van der Waals surface area contributed by atoms with Gasteiger partial charge in [-0.25, -0.2) is 8.42 Å². The standard InChI is InChI=1S/C30H36BrN3O4S/c1-22(2)19-32-30(36)28(18-24-11-6-5-7-12-24)33(20-25-13-9-8-10-23(25)3)29(35)21-34(39(4,37)38)27-16-14-26(31)15-17-27/h5-17,22,28H,18-21H2,1-4H3,(H,32,36)/t28-/m0/s1. The molecule has 0 fully saturated rings. The first-order valence-electron chi connectivity index (χ1n) is 12.8. The summed E-state index contributed by atoms with van der Waals surface area (Å²) >= 11 is 3.37. The zero-order valence-electron chi connectivity index (χ0n) is 22.8. The highest BCUT2D eigenvalue weighted by atomic mass is 79.9. The van der Waals surface area contributed by atoms with Gasteiger partial charge in [0, 0.05) is 24.0 Å². The summed E-state index contributed by atoms with van der Waals surface area (Å²) in [7, 11) is -3.80. The van der Waals surface area contributed by atoms with Crippen LogP contribution >= 0.6 is 15.9 Å². The maximum atomic E-state index is 14.1. The fourth-order valence-corrected chi connectivity index (χ4v) is 5.28. The van der Waals surface area contributed by atoms with E-state index >= 15 is 0 Å². The van der Waals surface area contributed by atoms with Crippen molar-refractivity contribution in [3.63, 3.8) is 0 Å². The number of rotatable bonds is 12. The van der Waals surface area contributed by atoms with Crippen LogP contribution in [-0.2, 0) is 32.6 Å². The van der Waals surface area contributed by atoms with Gasteiger partial charge in [0.25, 0.3) is 0 Å². The second kappa shape index (κ2) is 13.8. The zero-order chi connectivity index (χ0) is 28.6. The number of carbonyl (C=O) groups is 2. The van der Waals surface area contributed by atoms with Gasteiger partial charge >= 0.3 is 0 Å². The third kappa shape index (κ3) is 8.93. The van der Waals surface area contributed by atoms with Crippen LogP contribution in [0.15, 0.2) is 83.3 Å². The van der Waals surface area contributed by atoms with Crippen molar-refractivity contribution in [3.05, 3.63) is 100 Å². The first-order valence-corrected chi connectivity index (χ1v) is 15.5. The maximum absolute atomic E-state index is 14.1. The van der Waals surface area contributed by atoms with Gasteiger partial charge in [-0.05, 0) is 53.8 Å². The summed E-state index contributed by atoms with van der Waals surface area (Å²) in [5.74, 6) is -0.513. The van der Waals surface area contributed by atoms with Gasteiger partial charge in [0.1, 0.15) is 12.6 Å². The Morgan fingerprint density at radius 3 is 2.13 bits per heavy atom. The molecule has 0 radical (unpaired) electrons. The van der Waals surface area contributed by atoms with E-state index in [1.54, 1.807) is 24.3 Å². The first kappa shape index (κ1) is 30.4. The SMILES string of the molecule is Cc1ccccc1CN(C(=O)CN(c1ccc(Br)cc1)S(C)(=O)=O)[C@@H](Cc1ccccc1)C(=O)NCC(C)C. The van der Waals surface area contributed by atoms with Crippen molar-refractivity contribution in [2.24, 2.45) is 5.92 Å². The second-order valence-electron chi connectivity index (χ2n) is 10.0. The van der Waals surface area contributed by atoms with E-state index in [2.05, 4.69) is 21.2 Å². The molecular weight excluding hydrogens is 578 g/mol. The number of carbonyl (C=O) groups excluding carboxylic acids is 2. The molecule has 3 rings (SSSR count). The van der Waals surface area contributed by atoms with Gasteiger partial charge in [0.05, 0.1) is 11.9 Å².